The van der Waals surface area contributed by atoms with Gasteiger partial charge in [0.05, 0.1) is 17.7 Å². The zero-order chi connectivity index (χ0) is 32.4. The predicted octanol–water partition coefficient (Wildman–Crippen LogP) is 5.34. The number of rotatable bonds is 14. The Morgan fingerprint density at radius 1 is 0.822 bits per heavy atom. The van der Waals surface area contributed by atoms with E-state index in [1.807, 2.05) is 37.3 Å². The van der Waals surface area contributed by atoms with Crippen LogP contribution in [0.5, 0.6) is 5.75 Å². The maximum atomic E-state index is 14.3. The number of hydrogen-bond acceptors (Lipinski definition) is 5. The molecule has 1 N–H and O–H groups in total. The maximum absolute atomic E-state index is 14.3. The predicted molar refractivity (Wildman–Crippen MR) is 168 cm³/mol. The lowest BCUT2D eigenvalue weighted by Crippen LogP contribution is -2.53. The van der Waals surface area contributed by atoms with Gasteiger partial charge in [0.15, 0.2) is 0 Å². The molecule has 0 heterocycles. The highest BCUT2D eigenvalue weighted by atomic mass is 32.2. The molecule has 2 amide bonds. The van der Waals surface area contributed by atoms with Crippen molar-refractivity contribution in [3.05, 3.63) is 126 Å². The molecule has 0 unspecified atom stereocenters. The van der Waals surface area contributed by atoms with Crippen LogP contribution in [0.15, 0.2) is 108 Å². The summed E-state index contributed by atoms with van der Waals surface area (Å²) in [6.45, 7) is 1.47. The van der Waals surface area contributed by atoms with Crippen LogP contribution in [-0.4, -0.2) is 51.4 Å². The molecule has 4 rings (SSSR count). The zero-order valence-corrected chi connectivity index (χ0v) is 25.8. The standard InChI is InChI=1S/C34H35F2N3O5S/c1-3-21-37-34(41)32(22-25-7-5-4-6-8-25)38(23-26-9-11-27(35)12-10-26)33(40)24-39(29-15-13-28(36)14-16-29)45(42,43)31-19-17-30(44-2)18-20-31/h4-20,32H,3,21-24H2,1-2H3,(H,37,41)/t32-/m1/s1. The van der Waals surface area contributed by atoms with Crippen LogP contribution in [0.3, 0.4) is 0 Å². The Bertz CT molecular complexity index is 1670. The van der Waals surface area contributed by atoms with E-state index >= 15 is 0 Å². The summed E-state index contributed by atoms with van der Waals surface area (Å²) in [6.07, 6.45) is 0.805. The third kappa shape index (κ3) is 8.66. The highest BCUT2D eigenvalue weighted by molar-refractivity contribution is 7.92. The minimum atomic E-state index is -4.36. The molecule has 4 aromatic carbocycles. The Morgan fingerprint density at radius 3 is 2.00 bits per heavy atom. The molecule has 0 aliphatic rings. The molecule has 45 heavy (non-hydrogen) atoms. The van der Waals surface area contributed by atoms with E-state index in [2.05, 4.69) is 5.32 Å². The van der Waals surface area contributed by atoms with Gasteiger partial charge in [0.25, 0.3) is 10.0 Å². The van der Waals surface area contributed by atoms with E-state index in [0.717, 1.165) is 22.0 Å². The zero-order valence-electron chi connectivity index (χ0n) is 25.0. The van der Waals surface area contributed by atoms with Crippen molar-refractivity contribution in [1.82, 2.24) is 10.2 Å². The number of carbonyl (C=O) groups is 2. The molecule has 1 atom stereocenters. The molecular formula is C34H35F2N3O5S. The van der Waals surface area contributed by atoms with Crippen LogP contribution in [0, 0.1) is 11.6 Å². The normalized spacial score (nSPS) is 11.8. The number of methoxy groups -OCH3 is 1. The first kappa shape index (κ1) is 33.1. The van der Waals surface area contributed by atoms with Crippen molar-refractivity contribution in [2.45, 2.75) is 37.2 Å². The van der Waals surface area contributed by atoms with Crippen molar-refractivity contribution < 1.29 is 31.5 Å². The molecule has 8 nitrogen and oxygen atoms in total. The van der Waals surface area contributed by atoms with Crippen LogP contribution in [0.2, 0.25) is 0 Å². The lowest BCUT2D eigenvalue weighted by molar-refractivity contribution is -0.140. The molecule has 0 aromatic heterocycles. The Labute approximate surface area is 262 Å². The lowest BCUT2D eigenvalue weighted by Gasteiger charge is -2.34. The van der Waals surface area contributed by atoms with E-state index in [9.17, 15) is 26.8 Å². The number of ether oxygens (including phenoxy) is 1. The molecule has 236 valence electrons. The first-order valence-electron chi connectivity index (χ1n) is 14.4. The molecule has 0 aliphatic heterocycles. The van der Waals surface area contributed by atoms with Gasteiger partial charge in [0.2, 0.25) is 11.8 Å². The molecule has 4 aromatic rings. The van der Waals surface area contributed by atoms with Crippen LogP contribution in [0.1, 0.15) is 24.5 Å². The van der Waals surface area contributed by atoms with Gasteiger partial charge in [-0.05, 0) is 78.2 Å². The number of sulfonamides is 1. The summed E-state index contributed by atoms with van der Waals surface area (Å²) in [5.74, 6) is -1.71. The first-order valence-corrected chi connectivity index (χ1v) is 15.8. The van der Waals surface area contributed by atoms with Crippen molar-refractivity contribution in [2.24, 2.45) is 0 Å². The van der Waals surface area contributed by atoms with Gasteiger partial charge in [-0.1, -0.05) is 49.4 Å². The number of nitrogens with one attached hydrogen (secondary N) is 1. The summed E-state index contributed by atoms with van der Waals surface area (Å²) in [5, 5.41) is 2.86. The fourth-order valence-electron chi connectivity index (χ4n) is 4.72. The van der Waals surface area contributed by atoms with E-state index < -0.39 is 46.1 Å². The average molecular weight is 636 g/mol. The second kappa shape index (κ2) is 15.3. The largest absolute Gasteiger partial charge is 0.497 e. The minimum absolute atomic E-state index is 0.0531. The molecule has 0 saturated carbocycles. The van der Waals surface area contributed by atoms with E-state index in [0.29, 0.717) is 24.3 Å². The lowest BCUT2D eigenvalue weighted by atomic mass is 10.0. The topological polar surface area (TPSA) is 96.0 Å². The van der Waals surface area contributed by atoms with Crippen LogP contribution < -0.4 is 14.4 Å². The Balaban J connectivity index is 1.78. The monoisotopic (exact) mass is 635 g/mol. The second-order valence-corrected chi connectivity index (χ2v) is 12.2. The summed E-state index contributed by atoms with van der Waals surface area (Å²) in [4.78, 5) is 29.1. The van der Waals surface area contributed by atoms with Crippen LogP contribution in [0.4, 0.5) is 14.5 Å². The van der Waals surface area contributed by atoms with Crippen LogP contribution in [0.25, 0.3) is 0 Å². The quantitative estimate of drug-likeness (QED) is 0.202. The second-order valence-electron chi connectivity index (χ2n) is 10.3. The summed E-state index contributed by atoms with van der Waals surface area (Å²) in [5.41, 5.74) is 1.38. The van der Waals surface area contributed by atoms with Gasteiger partial charge >= 0.3 is 0 Å². The number of carbonyl (C=O) groups excluding carboxylic acids is 2. The maximum Gasteiger partial charge on any atom is 0.264 e. The highest BCUT2D eigenvalue weighted by Crippen LogP contribution is 2.26. The molecule has 0 bridgehead atoms. The van der Waals surface area contributed by atoms with Crippen LogP contribution in [-0.2, 0) is 32.6 Å². The third-order valence-corrected chi connectivity index (χ3v) is 8.92. The Kier molecular flexibility index (Phi) is 11.3. The SMILES string of the molecule is CCCNC(=O)[C@@H](Cc1ccccc1)N(Cc1ccc(F)cc1)C(=O)CN(c1ccc(F)cc1)S(=O)(=O)c1ccc(OC)cc1. The highest BCUT2D eigenvalue weighted by Gasteiger charge is 2.34. The molecule has 0 fully saturated rings. The van der Waals surface area contributed by atoms with E-state index in [4.69, 9.17) is 4.74 Å². The Hall–Kier alpha value is -4.77. The fraction of sp³-hybridized carbons (Fsp3) is 0.235. The minimum Gasteiger partial charge on any atom is -0.497 e. The van der Waals surface area contributed by atoms with Gasteiger partial charge < -0.3 is 15.0 Å². The van der Waals surface area contributed by atoms with Gasteiger partial charge in [0.1, 0.15) is 30.0 Å². The van der Waals surface area contributed by atoms with Crippen molar-refractivity contribution >= 4 is 27.5 Å². The summed E-state index contributed by atoms with van der Waals surface area (Å²) >= 11 is 0. The van der Waals surface area contributed by atoms with Gasteiger partial charge in [0, 0.05) is 19.5 Å². The van der Waals surface area contributed by atoms with E-state index in [1.54, 1.807) is 0 Å². The number of hydrogen-bond donors (Lipinski definition) is 1. The van der Waals surface area contributed by atoms with Crippen molar-refractivity contribution in [2.75, 3.05) is 24.5 Å². The fourth-order valence-corrected chi connectivity index (χ4v) is 6.13. The summed E-state index contributed by atoms with van der Waals surface area (Å²) in [7, 11) is -2.91. The number of anilines is 1. The van der Waals surface area contributed by atoms with Crippen molar-refractivity contribution in [1.29, 1.82) is 0 Å². The molecule has 11 heteroatoms. The molecule has 0 radical (unpaired) electrons. The molecule has 0 spiro atoms. The Morgan fingerprint density at radius 2 is 1.42 bits per heavy atom. The van der Waals surface area contributed by atoms with Crippen LogP contribution >= 0.6 is 0 Å². The number of halogens is 2. The number of amides is 2. The van der Waals surface area contributed by atoms with Gasteiger partial charge in [-0.15, -0.1) is 0 Å². The molecule has 0 aliphatic carbocycles. The van der Waals surface area contributed by atoms with Crippen molar-refractivity contribution in [3.8, 4) is 5.75 Å². The van der Waals surface area contributed by atoms with Gasteiger partial charge in [-0.25, -0.2) is 17.2 Å². The number of nitrogens with zero attached hydrogens (tertiary/aromatic N) is 2. The molecule has 0 saturated heterocycles. The van der Waals surface area contributed by atoms with Gasteiger partial charge in [-0.3, -0.25) is 13.9 Å². The van der Waals surface area contributed by atoms with E-state index in [-0.39, 0.29) is 23.5 Å². The average Bonchev–Trinajstić information content (AvgIpc) is 3.05. The first-order chi connectivity index (χ1) is 21.6. The van der Waals surface area contributed by atoms with E-state index in [1.165, 1.54) is 72.7 Å². The number of benzene rings is 4. The summed E-state index contributed by atoms with van der Waals surface area (Å²) < 4.78 is 61.7. The third-order valence-electron chi connectivity index (χ3n) is 7.13. The smallest absolute Gasteiger partial charge is 0.264 e. The van der Waals surface area contributed by atoms with Gasteiger partial charge in [-0.2, -0.15) is 0 Å². The van der Waals surface area contributed by atoms with Crippen molar-refractivity contribution in [3.63, 3.8) is 0 Å². The molecular weight excluding hydrogens is 600 g/mol. The summed E-state index contributed by atoms with van der Waals surface area (Å²) in [6, 6.07) is 24.0.